The van der Waals surface area contributed by atoms with Gasteiger partial charge in [0.15, 0.2) is 18.9 Å². The Morgan fingerprint density at radius 1 is 1.00 bits per heavy atom. The van der Waals surface area contributed by atoms with Crippen molar-refractivity contribution < 1.29 is 9.67 Å². The third kappa shape index (κ3) is 2.39. The first-order chi connectivity index (χ1) is 7.40. The highest BCUT2D eigenvalue weighted by Crippen LogP contribution is 2.15. The van der Waals surface area contributed by atoms with E-state index in [1.807, 2.05) is 41.2 Å². The average molecular weight is 201 g/mol. The van der Waals surface area contributed by atoms with E-state index in [0.29, 0.717) is 6.54 Å². The van der Waals surface area contributed by atoms with Gasteiger partial charge in [-0.1, -0.05) is 0 Å². The molecule has 2 rings (SSSR count). The molecule has 0 radical (unpaired) electrons. The molecule has 0 aliphatic heterocycles. The fraction of sp³-hybridized carbons (Fsp3) is 0.167. The summed E-state index contributed by atoms with van der Waals surface area (Å²) in [6.45, 7) is 0.801. The summed E-state index contributed by atoms with van der Waals surface area (Å²) >= 11 is 0. The molecule has 0 fully saturated rings. The number of aromatic nitrogens is 2. The molecular weight excluding hydrogens is 188 g/mol. The molecule has 0 spiro atoms. The summed E-state index contributed by atoms with van der Waals surface area (Å²) in [5.74, 6) is 0. The molecule has 15 heavy (non-hydrogen) atoms. The summed E-state index contributed by atoms with van der Waals surface area (Å²) in [4.78, 5) is 3.98. The van der Waals surface area contributed by atoms with Crippen LogP contribution in [-0.2, 0) is 6.54 Å². The molecule has 3 heteroatoms. The van der Waals surface area contributed by atoms with Crippen LogP contribution < -0.4 is 4.57 Å². The molecule has 76 valence electrons. The summed E-state index contributed by atoms with van der Waals surface area (Å²) in [5.41, 5.74) is 2.31. The lowest BCUT2D eigenvalue weighted by Gasteiger charge is -1.99. The molecule has 0 atom stereocenters. The second-order valence-corrected chi connectivity index (χ2v) is 3.28. The van der Waals surface area contributed by atoms with Crippen LogP contribution in [0.1, 0.15) is 0 Å². The number of aliphatic hydroxyl groups excluding tert-OH is 1. The van der Waals surface area contributed by atoms with E-state index in [4.69, 9.17) is 5.11 Å². The molecule has 0 saturated carbocycles. The van der Waals surface area contributed by atoms with Crippen molar-refractivity contribution in [2.24, 2.45) is 0 Å². The van der Waals surface area contributed by atoms with E-state index >= 15 is 0 Å². The minimum atomic E-state index is 0.166. The highest BCUT2D eigenvalue weighted by Gasteiger charge is 2.01. The molecule has 2 heterocycles. The van der Waals surface area contributed by atoms with Crippen molar-refractivity contribution in [2.45, 2.75) is 6.54 Å². The predicted octanol–water partition coefficient (Wildman–Crippen LogP) is 1.03. The number of pyridine rings is 2. The van der Waals surface area contributed by atoms with Gasteiger partial charge >= 0.3 is 0 Å². The predicted molar refractivity (Wildman–Crippen MR) is 57.0 cm³/mol. The maximum Gasteiger partial charge on any atom is 0.171 e. The van der Waals surface area contributed by atoms with Gasteiger partial charge in [-0.3, -0.25) is 4.98 Å². The van der Waals surface area contributed by atoms with Gasteiger partial charge in [-0.25, -0.2) is 4.57 Å². The molecule has 0 saturated heterocycles. The first-order valence-electron chi connectivity index (χ1n) is 4.90. The van der Waals surface area contributed by atoms with Crippen molar-refractivity contribution in [1.82, 2.24) is 4.98 Å². The Kier molecular flexibility index (Phi) is 3.05. The van der Waals surface area contributed by atoms with E-state index in [1.165, 1.54) is 0 Å². The molecule has 2 aromatic rings. The van der Waals surface area contributed by atoms with E-state index < -0.39 is 0 Å². The van der Waals surface area contributed by atoms with E-state index in [2.05, 4.69) is 4.98 Å². The van der Waals surface area contributed by atoms with Crippen molar-refractivity contribution in [1.29, 1.82) is 0 Å². The van der Waals surface area contributed by atoms with Gasteiger partial charge < -0.3 is 5.11 Å². The third-order valence-electron chi connectivity index (χ3n) is 2.26. The molecule has 3 nitrogen and oxygen atoms in total. The Labute approximate surface area is 88.7 Å². The molecule has 0 aliphatic carbocycles. The highest BCUT2D eigenvalue weighted by atomic mass is 16.3. The largest absolute Gasteiger partial charge is 0.390 e. The lowest BCUT2D eigenvalue weighted by Crippen LogP contribution is -2.34. The molecule has 1 N–H and O–H groups in total. The van der Waals surface area contributed by atoms with Gasteiger partial charge in [0, 0.05) is 24.5 Å². The van der Waals surface area contributed by atoms with Gasteiger partial charge in [0.05, 0.1) is 0 Å². The van der Waals surface area contributed by atoms with Crippen LogP contribution in [0.5, 0.6) is 0 Å². The van der Waals surface area contributed by atoms with Gasteiger partial charge in [-0.05, 0) is 23.3 Å². The number of hydrogen-bond acceptors (Lipinski definition) is 2. The Morgan fingerprint density at radius 3 is 2.20 bits per heavy atom. The standard InChI is InChI=1S/C12H13N2O/c15-10-9-14-7-3-12(4-8-14)11-1-5-13-6-2-11/h1-8,15H,9-10H2/q+1. The Hall–Kier alpha value is -1.74. The monoisotopic (exact) mass is 201 g/mol. The maximum atomic E-state index is 8.78. The molecule has 0 bridgehead atoms. The molecule has 0 amide bonds. The van der Waals surface area contributed by atoms with Crippen LogP contribution in [0.15, 0.2) is 49.1 Å². The van der Waals surface area contributed by atoms with Crippen LogP contribution in [-0.4, -0.2) is 16.7 Å². The first-order valence-corrected chi connectivity index (χ1v) is 4.90. The van der Waals surface area contributed by atoms with Crippen LogP contribution in [0.2, 0.25) is 0 Å². The van der Waals surface area contributed by atoms with Gasteiger partial charge in [0.25, 0.3) is 0 Å². The molecule has 2 aromatic heterocycles. The minimum absolute atomic E-state index is 0.166. The minimum Gasteiger partial charge on any atom is -0.390 e. The van der Waals surface area contributed by atoms with Crippen LogP contribution in [0.25, 0.3) is 11.1 Å². The van der Waals surface area contributed by atoms with E-state index in [9.17, 15) is 0 Å². The molecule has 0 aliphatic rings. The lowest BCUT2D eigenvalue weighted by atomic mass is 10.1. The number of nitrogens with zero attached hydrogens (tertiary/aromatic N) is 2. The Bertz CT molecular complexity index is 411. The zero-order valence-corrected chi connectivity index (χ0v) is 8.37. The van der Waals surface area contributed by atoms with Gasteiger partial charge in [-0.15, -0.1) is 0 Å². The molecular formula is C12H13N2O+. The second-order valence-electron chi connectivity index (χ2n) is 3.28. The average Bonchev–Trinajstić information content (AvgIpc) is 2.32. The van der Waals surface area contributed by atoms with Crippen LogP contribution in [0.3, 0.4) is 0 Å². The third-order valence-corrected chi connectivity index (χ3v) is 2.26. The maximum absolute atomic E-state index is 8.78. The summed E-state index contributed by atoms with van der Waals surface area (Å²) in [7, 11) is 0. The van der Waals surface area contributed by atoms with E-state index in [0.717, 1.165) is 11.1 Å². The second kappa shape index (κ2) is 4.66. The van der Waals surface area contributed by atoms with Crippen molar-refractivity contribution in [2.75, 3.05) is 6.61 Å². The SMILES string of the molecule is OCC[n+]1ccc(-c2ccncc2)cc1. The van der Waals surface area contributed by atoms with E-state index in [-0.39, 0.29) is 6.61 Å². The Balaban J connectivity index is 2.24. The zero-order valence-electron chi connectivity index (χ0n) is 8.37. The van der Waals surface area contributed by atoms with Crippen molar-refractivity contribution in [3.05, 3.63) is 49.1 Å². The number of hydrogen-bond donors (Lipinski definition) is 1. The molecule has 0 aromatic carbocycles. The fourth-order valence-electron chi connectivity index (χ4n) is 1.46. The Morgan fingerprint density at radius 2 is 1.60 bits per heavy atom. The summed E-state index contributed by atoms with van der Waals surface area (Å²) in [6.07, 6.45) is 7.49. The highest BCUT2D eigenvalue weighted by molar-refractivity contribution is 5.61. The van der Waals surface area contributed by atoms with Crippen molar-refractivity contribution in [3.8, 4) is 11.1 Å². The van der Waals surface area contributed by atoms with Gasteiger partial charge in [-0.2, -0.15) is 0 Å². The summed E-state index contributed by atoms with van der Waals surface area (Å²) in [5, 5.41) is 8.78. The van der Waals surface area contributed by atoms with Gasteiger partial charge in [0.2, 0.25) is 0 Å². The zero-order chi connectivity index (χ0) is 10.5. The van der Waals surface area contributed by atoms with E-state index in [1.54, 1.807) is 12.4 Å². The van der Waals surface area contributed by atoms with Gasteiger partial charge in [0.1, 0.15) is 6.61 Å². The van der Waals surface area contributed by atoms with Crippen LogP contribution in [0, 0.1) is 0 Å². The van der Waals surface area contributed by atoms with Crippen molar-refractivity contribution in [3.63, 3.8) is 0 Å². The number of rotatable bonds is 3. The van der Waals surface area contributed by atoms with Crippen LogP contribution in [0.4, 0.5) is 0 Å². The topological polar surface area (TPSA) is 37.0 Å². The fourth-order valence-corrected chi connectivity index (χ4v) is 1.46. The molecule has 0 unspecified atom stereocenters. The summed E-state index contributed by atoms with van der Waals surface area (Å²) < 4.78 is 1.95. The normalized spacial score (nSPS) is 10.2. The summed E-state index contributed by atoms with van der Waals surface area (Å²) in [6, 6.07) is 8.02. The first kappa shape index (κ1) is 9.80. The van der Waals surface area contributed by atoms with Crippen molar-refractivity contribution >= 4 is 0 Å². The lowest BCUT2D eigenvalue weighted by molar-refractivity contribution is -0.698. The smallest absolute Gasteiger partial charge is 0.171 e. The quantitative estimate of drug-likeness (QED) is 0.753. The number of aliphatic hydroxyl groups is 1. The van der Waals surface area contributed by atoms with Crippen LogP contribution >= 0.6 is 0 Å².